The molecule has 86 valence electrons. The largest absolute Gasteiger partial charge is 0.379 e. The Labute approximate surface area is 99.1 Å². The van der Waals surface area contributed by atoms with Crippen LogP contribution in [0.25, 0.3) is 0 Å². The number of amidine groups is 1. The van der Waals surface area contributed by atoms with Gasteiger partial charge in [-0.2, -0.15) is 0 Å². The van der Waals surface area contributed by atoms with E-state index in [1.165, 1.54) is 6.07 Å². The summed E-state index contributed by atoms with van der Waals surface area (Å²) < 4.78 is 13.8. The normalized spacial score (nSPS) is 29.9. The van der Waals surface area contributed by atoms with Gasteiger partial charge in [0.2, 0.25) is 0 Å². The van der Waals surface area contributed by atoms with Crippen LogP contribution in [-0.4, -0.2) is 10.4 Å². The van der Waals surface area contributed by atoms with E-state index < -0.39 is 5.54 Å². The van der Waals surface area contributed by atoms with Crippen molar-refractivity contribution in [1.29, 1.82) is 0 Å². The molecule has 0 aliphatic carbocycles. The maximum atomic E-state index is 13.8. The van der Waals surface area contributed by atoms with Crippen LogP contribution in [0.3, 0.4) is 0 Å². The molecule has 2 nitrogen and oxygen atoms in total. The number of thioether (sulfide) groups is 1. The number of halogens is 1. The molecule has 0 bridgehead atoms. The van der Waals surface area contributed by atoms with Crippen molar-refractivity contribution >= 4 is 16.9 Å². The fourth-order valence-corrected chi connectivity index (χ4v) is 3.27. The lowest BCUT2D eigenvalue weighted by atomic mass is 9.87. The molecule has 2 unspecified atom stereocenters. The summed E-state index contributed by atoms with van der Waals surface area (Å²) in [7, 11) is 0. The van der Waals surface area contributed by atoms with Gasteiger partial charge in [-0.25, -0.2) is 4.39 Å². The molecule has 0 aromatic heterocycles. The van der Waals surface area contributed by atoms with Crippen molar-refractivity contribution < 1.29 is 4.39 Å². The Kier molecular flexibility index (Phi) is 2.93. The Bertz CT molecular complexity index is 433. The molecule has 1 aromatic rings. The molecule has 4 heteroatoms. The van der Waals surface area contributed by atoms with Crippen molar-refractivity contribution in [2.75, 3.05) is 0 Å². The molecule has 0 radical (unpaired) electrons. The molecule has 1 aliphatic rings. The van der Waals surface area contributed by atoms with E-state index in [9.17, 15) is 4.39 Å². The van der Waals surface area contributed by atoms with E-state index in [1.807, 2.05) is 13.0 Å². The molecule has 1 aliphatic heterocycles. The Balaban J connectivity index is 2.46. The zero-order valence-corrected chi connectivity index (χ0v) is 10.2. The average molecular weight is 238 g/mol. The molecule has 0 fully saturated rings. The van der Waals surface area contributed by atoms with Crippen molar-refractivity contribution in [2.24, 2.45) is 10.7 Å². The topological polar surface area (TPSA) is 38.4 Å². The maximum Gasteiger partial charge on any atom is 0.155 e. The van der Waals surface area contributed by atoms with Crippen molar-refractivity contribution in [3.63, 3.8) is 0 Å². The van der Waals surface area contributed by atoms with Gasteiger partial charge in [-0.05, 0) is 19.4 Å². The smallest absolute Gasteiger partial charge is 0.155 e. The Morgan fingerprint density at radius 1 is 1.50 bits per heavy atom. The Morgan fingerprint density at radius 2 is 2.19 bits per heavy atom. The summed E-state index contributed by atoms with van der Waals surface area (Å²) in [6, 6.07) is 6.78. The van der Waals surface area contributed by atoms with Gasteiger partial charge in [0.05, 0.1) is 5.54 Å². The second kappa shape index (κ2) is 4.09. The fourth-order valence-electron chi connectivity index (χ4n) is 2.19. The lowest BCUT2D eigenvalue weighted by Gasteiger charge is -2.33. The van der Waals surface area contributed by atoms with Crippen LogP contribution in [-0.2, 0) is 5.54 Å². The van der Waals surface area contributed by atoms with E-state index in [0.717, 1.165) is 6.42 Å². The SMILES string of the molecule is CC1CC(C)(c2ccccc2F)N=C(N)S1. The predicted molar refractivity (Wildman–Crippen MR) is 67.0 cm³/mol. The van der Waals surface area contributed by atoms with E-state index >= 15 is 0 Å². The van der Waals surface area contributed by atoms with E-state index in [-0.39, 0.29) is 5.82 Å². The van der Waals surface area contributed by atoms with E-state index in [2.05, 4.69) is 11.9 Å². The summed E-state index contributed by atoms with van der Waals surface area (Å²) in [6.45, 7) is 4.03. The fraction of sp³-hybridized carbons (Fsp3) is 0.417. The number of hydrogen-bond donors (Lipinski definition) is 1. The second-order valence-corrected chi connectivity index (χ2v) is 5.80. The summed E-state index contributed by atoms with van der Waals surface area (Å²) in [4.78, 5) is 4.41. The van der Waals surface area contributed by atoms with Gasteiger partial charge in [0, 0.05) is 10.8 Å². The van der Waals surface area contributed by atoms with Gasteiger partial charge in [0.15, 0.2) is 5.17 Å². The highest BCUT2D eigenvalue weighted by Gasteiger charge is 2.34. The molecule has 0 saturated carbocycles. The highest BCUT2D eigenvalue weighted by atomic mass is 32.2. The number of aliphatic imine (C=N–C) groups is 1. The highest BCUT2D eigenvalue weighted by molar-refractivity contribution is 8.14. The highest BCUT2D eigenvalue weighted by Crippen LogP contribution is 2.39. The summed E-state index contributed by atoms with van der Waals surface area (Å²) in [5.74, 6) is -0.208. The van der Waals surface area contributed by atoms with E-state index in [0.29, 0.717) is 16.0 Å². The maximum absolute atomic E-state index is 13.8. The van der Waals surface area contributed by atoms with Gasteiger partial charge >= 0.3 is 0 Å². The van der Waals surface area contributed by atoms with Gasteiger partial charge in [-0.1, -0.05) is 36.9 Å². The third-order valence-corrected chi connectivity index (χ3v) is 3.72. The van der Waals surface area contributed by atoms with Crippen LogP contribution < -0.4 is 5.73 Å². The van der Waals surface area contributed by atoms with Crippen molar-refractivity contribution in [3.05, 3.63) is 35.6 Å². The van der Waals surface area contributed by atoms with Crippen LogP contribution in [0.4, 0.5) is 4.39 Å². The van der Waals surface area contributed by atoms with Gasteiger partial charge in [0.1, 0.15) is 5.82 Å². The molecule has 2 N–H and O–H groups in total. The molecule has 2 rings (SSSR count). The number of nitrogens with zero attached hydrogens (tertiary/aromatic N) is 1. The molecule has 1 heterocycles. The van der Waals surface area contributed by atoms with Crippen LogP contribution in [0.15, 0.2) is 29.3 Å². The Morgan fingerprint density at radius 3 is 2.81 bits per heavy atom. The van der Waals surface area contributed by atoms with Crippen LogP contribution in [0.1, 0.15) is 25.8 Å². The summed E-state index contributed by atoms with van der Waals surface area (Å²) in [6.07, 6.45) is 0.805. The molecule has 0 saturated heterocycles. The Hall–Kier alpha value is -1.03. The number of rotatable bonds is 1. The van der Waals surface area contributed by atoms with Crippen molar-refractivity contribution in [2.45, 2.75) is 31.1 Å². The summed E-state index contributed by atoms with van der Waals surface area (Å²) >= 11 is 1.55. The summed E-state index contributed by atoms with van der Waals surface area (Å²) in [5.41, 5.74) is 5.88. The molecule has 0 amide bonds. The van der Waals surface area contributed by atoms with Gasteiger partial charge < -0.3 is 5.73 Å². The predicted octanol–water partition coefficient (Wildman–Crippen LogP) is 2.88. The van der Waals surface area contributed by atoms with Crippen LogP contribution in [0.5, 0.6) is 0 Å². The van der Waals surface area contributed by atoms with E-state index in [1.54, 1.807) is 23.9 Å². The number of nitrogens with two attached hydrogens (primary N) is 1. The monoisotopic (exact) mass is 238 g/mol. The van der Waals surface area contributed by atoms with E-state index in [4.69, 9.17) is 5.73 Å². The van der Waals surface area contributed by atoms with Crippen molar-refractivity contribution in [1.82, 2.24) is 0 Å². The quantitative estimate of drug-likeness (QED) is 0.817. The zero-order valence-electron chi connectivity index (χ0n) is 9.40. The molecule has 2 atom stereocenters. The summed E-state index contributed by atoms with van der Waals surface area (Å²) in [5, 5.41) is 0.909. The molecule has 1 aromatic carbocycles. The second-order valence-electron chi connectivity index (χ2n) is 4.34. The van der Waals surface area contributed by atoms with Crippen molar-refractivity contribution in [3.8, 4) is 0 Å². The number of hydrogen-bond acceptors (Lipinski definition) is 3. The van der Waals surface area contributed by atoms with Crippen LogP contribution in [0, 0.1) is 5.82 Å². The first-order valence-electron chi connectivity index (χ1n) is 5.28. The molecular weight excluding hydrogens is 223 g/mol. The zero-order chi connectivity index (χ0) is 11.8. The minimum absolute atomic E-state index is 0.208. The lowest BCUT2D eigenvalue weighted by Crippen LogP contribution is -2.33. The minimum Gasteiger partial charge on any atom is -0.379 e. The van der Waals surface area contributed by atoms with Gasteiger partial charge in [0.25, 0.3) is 0 Å². The number of benzene rings is 1. The standard InChI is InChI=1S/C12H15FN2S/c1-8-7-12(2,15-11(14)16-8)9-5-3-4-6-10(9)13/h3-6,8H,7H2,1-2H3,(H2,14,15). The van der Waals surface area contributed by atoms with Gasteiger partial charge in [-0.15, -0.1) is 0 Å². The lowest BCUT2D eigenvalue weighted by molar-refractivity contribution is 0.427. The van der Waals surface area contributed by atoms with Gasteiger partial charge in [-0.3, -0.25) is 4.99 Å². The third-order valence-electron chi connectivity index (χ3n) is 2.82. The first-order chi connectivity index (χ1) is 7.51. The third kappa shape index (κ3) is 2.07. The minimum atomic E-state index is -0.528. The average Bonchev–Trinajstić information content (AvgIpc) is 2.15. The van der Waals surface area contributed by atoms with Crippen LogP contribution in [0.2, 0.25) is 0 Å². The molecule has 16 heavy (non-hydrogen) atoms. The molecule has 0 spiro atoms. The van der Waals surface area contributed by atoms with Crippen LogP contribution >= 0.6 is 11.8 Å². The first kappa shape index (κ1) is 11.5. The first-order valence-corrected chi connectivity index (χ1v) is 6.16. The molecular formula is C12H15FN2S.